The van der Waals surface area contributed by atoms with Crippen molar-refractivity contribution in [1.82, 2.24) is 0 Å². The Kier molecular flexibility index (Phi) is 3.60. The average molecular weight is 281 g/mol. The van der Waals surface area contributed by atoms with E-state index in [1.54, 1.807) is 6.92 Å². The highest BCUT2D eigenvalue weighted by atomic mass is 16.6. The Morgan fingerprint density at radius 2 is 2.35 bits per heavy atom. The van der Waals surface area contributed by atoms with Crippen LogP contribution < -0.4 is 11.1 Å². The minimum Gasteiger partial charge on any atom is -0.505 e. The molecule has 1 fully saturated rings. The molecule has 20 heavy (non-hydrogen) atoms. The van der Waals surface area contributed by atoms with Crippen LogP contribution in [0.25, 0.3) is 0 Å². The third kappa shape index (κ3) is 2.30. The summed E-state index contributed by atoms with van der Waals surface area (Å²) in [7, 11) is 0. The van der Waals surface area contributed by atoms with Gasteiger partial charge in [0, 0.05) is 12.1 Å². The molecular formula is C12H15N3O5. The summed E-state index contributed by atoms with van der Waals surface area (Å²) in [6, 6.07) is 3.28. The molecule has 8 nitrogen and oxygen atoms in total. The van der Waals surface area contributed by atoms with Crippen LogP contribution in [0.1, 0.15) is 6.92 Å². The molecule has 1 aliphatic rings. The summed E-state index contributed by atoms with van der Waals surface area (Å²) in [5, 5.41) is 23.0. The summed E-state index contributed by atoms with van der Waals surface area (Å²) >= 11 is 0. The summed E-state index contributed by atoms with van der Waals surface area (Å²) in [5.74, 6) is -0.893. The minimum absolute atomic E-state index is 0.126. The summed E-state index contributed by atoms with van der Waals surface area (Å²) in [6.45, 7) is 1.99. The number of nitrogens with zero attached hydrogens (tertiary/aromatic N) is 1. The highest BCUT2D eigenvalue weighted by molar-refractivity contribution is 5.99. The lowest BCUT2D eigenvalue weighted by Gasteiger charge is -2.25. The number of nitrogens with two attached hydrogens (primary N) is 1. The second-order valence-electron chi connectivity index (χ2n) is 4.92. The second-order valence-corrected chi connectivity index (χ2v) is 4.92. The van der Waals surface area contributed by atoms with Gasteiger partial charge in [-0.25, -0.2) is 0 Å². The molecule has 0 saturated carbocycles. The van der Waals surface area contributed by atoms with Gasteiger partial charge in [-0.1, -0.05) is 6.07 Å². The van der Waals surface area contributed by atoms with Gasteiger partial charge in [0.25, 0.3) is 5.69 Å². The number of para-hydroxylation sites is 1. The summed E-state index contributed by atoms with van der Waals surface area (Å²) in [5.41, 5.74) is 4.22. The second kappa shape index (κ2) is 5.06. The van der Waals surface area contributed by atoms with E-state index in [1.807, 2.05) is 0 Å². The molecule has 0 aliphatic carbocycles. The quantitative estimate of drug-likeness (QED) is 0.423. The summed E-state index contributed by atoms with van der Waals surface area (Å²) in [6.07, 6.45) is 0. The molecule has 8 heteroatoms. The number of carbonyl (C=O) groups excluding carboxylic acids is 1. The van der Waals surface area contributed by atoms with Crippen molar-refractivity contribution in [3.63, 3.8) is 0 Å². The van der Waals surface area contributed by atoms with E-state index in [1.165, 1.54) is 18.2 Å². The fourth-order valence-corrected chi connectivity index (χ4v) is 1.99. The van der Waals surface area contributed by atoms with Crippen molar-refractivity contribution >= 4 is 17.3 Å². The van der Waals surface area contributed by atoms with Crippen molar-refractivity contribution in [2.75, 3.05) is 18.5 Å². The largest absolute Gasteiger partial charge is 0.505 e. The summed E-state index contributed by atoms with van der Waals surface area (Å²) < 4.78 is 5.16. The zero-order valence-corrected chi connectivity index (χ0v) is 10.8. The van der Waals surface area contributed by atoms with Gasteiger partial charge in [-0.3, -0.25) is 14.9 Å². The van der Waals surface area contributed by atoms with Crippen molar-refractivity contribution in [2.45, 2.75) is 13.0 Å². The molecule has 0 aromatic heterocycles. The first kappa shape index (κ1) is 14.2. The Balaban J connectivity index is 2.31. The molecule has 1 aromatic rings. The first-order valence-electron chi connectivity index (χ1n) is 5.97. The smallest absolute Gasteiger partial charge is 0.296 e. The first-order chi connectivity index (χ1) is 9.36. The van der Waals surface area contributed by atoms with Crippen LogP contribution in [-0.4, -0.2) is 35.2 Å². The van der Waals surface area contributed by atoms with Gasteiger partial charge in [0.15, 0.2) is 5.69 Å². The van der Waals surface area contributed by atoms with Gasteiger partial charge in [-0.15, -0.1) is 0 Å². The Bertz CT molecular complexity index is 562. The maximum absolute atomic E-state index is 12.3. The number of aromatic hydroxyl groups is 1. The van der Waals surface area contributed by atoms with Gasteiger partial charge in [0.05, 0.1) is 23.6 Å². The number of anilines is 1. The van der Waals surface area contributed by atoms with Gasteiger partial charge in [-0.2, -0.15) is 0 Å². The Morgan fingerprint density at radius 1 is 1.65 bits per heavy atom. The number of nitrogens with one attached hydrogen (secondary N) is 1. The Labute approximate surface area is 114 Å². The van der Waals surface area contributed by atoms with Crippen LogP contribution in [0.3, 0.4) is 0 Å². The number of hydrogen-bond donors (Lipinski definition) is 3. The normalized spacial score (nSPS) is 25.4. The molecule has 2 rings (SSSR count). The Hall–Kier alpha value is -2.19. The van der Waals surface area contributed by atoms with E-state index >= 15 is 0 Å². The monoisotopic (exact) mass is 281 g/mol. The zero-order valence-electron chi connectivity index (χ0n) is 10.8. The molecule has 1 heterocycles. The van der Waals surface area contributed by atoms with E-state index in [-0.39, 0.29) is 30.3 Å². The van der Waals surface area contributed by atoms with E-state index < -0.39 is 22.3 Å². The van der Waals surface area contributed by atoms with Gasteiger partial charge in [0.1, 0.15) is 5.75 Å². The lowest BCUT2D eigenvalue weighted by atomic mass is 9.84. The third-order valence-corrected chi connectivity index (χ3v) is 3.49. The van der Waals surface area contributed by atoms with E-state index in [2.05, 4.69) is 5.32 Å². The topological polar surface area (TPSA) is 128 Å². The van der Waals surface area contributed by atoms with Crippen LogP contribution in [0.5, 0.6) is 5.75 Å². The standard InChI is InChI=1S/C12H15N3O5/c1-12(6-20-5-9(12)13)11(17)14-10-7(15(18)19)3-2-4-8(10)16/h2-4,9,16H,5-6,13H2,1H3,(H,14,17). The number of phenols is 1. The molecule has 0 radical (unpaired) electrons. The fourth-order valence-electron chi connectivity index (χ4n) is 1.99. The van der Waals surface area contributed by atoms with Crippen molar-refractivity contribution in [1.29, 1.82) is 0 Å². The zero-order chi connectivity index (χ0) is 14.9. The van der Waals surface area contributed by atoms with E-state index in [4.69, 9.17) is 10.5 Å². The molecule has 1 saturated heterocycles. The number of carbonyl (C=O) groups is 1. The molecular weight excluding hydrogens is 266 g/mol. The van der Waals surface area contributed by atoms with Gasteiger partial charge >= 0.3 is 0 Å². The van der Waals surface area contributed by atoms with E-state index in [0.29, 0.717) is 0 Å². The van der Waals surface area contributed by atoms with Crippen molar-refractivity contribution in [3.05, 3.63) is 28.3 Å². The molecule has 2 atom stereocenters. The van der Waals surface area contributed by atoms with Gasteiger partial charge in [-0.05, 0) is 13.0 Å². The van der Waals surface area contributed by atoms with Crippen LogP contribution in [0, 0.1) is 15.5 Å². The average Bonchev–Trinajstić information content (AvgIpc) is 2.73. The third-order valence-electron chi connectivity index (χ3n) is 3.49. The van der Waals surface area contributed by atoms with Crippen LogP contribution in [-0.2, 0) is 9.53 Å². The number of nitro groups is 1. The number of phenolic OH excluding ortho intramolecular Hbond substituents is 1. The predicted molar refractivity (Wildman–Crippen MR) is 70.3 cm³/mol. The van der Waals surface area contributed by atoms with Gasteiger partial charge < -0.3 is 20.9 Å². The molecule has 1 aromatic carbocycles. The number of amides is 1. The lowest BCUT2D eigenvalue weighted by Crippen LogP contribution is -2.47. The number of ether oxygens (including phenoxy) is 1. The summed E-state index contributed by atoms with van der Waals surface area (Å²) in [4.78, 5) is 22.5. The highest BCUT2D eigenvalue weighted by Crippen LogP contribution is 2.36. The van der Waals surface area contributed by atoms with Crippen molar-refractivity contribution < 1.29 is 19.6 Å². The van der Waals surface area contributed by atoms with E-state index in [0.717, 1.165) is 0 Å². The molecule has 1 aliphatic heterocycles. The Morgan fingerprint density at radius 3 is 2.90 bits per heavy atom. The molecule has 0 spiro atoms. The number of benzene rings is 1. The molecule has 108 valence electrons. The molecule has 0 bridgehead atoms. The van der Waals surface area contributed by atoms with Crippen LogP contribution >= 0.6 is 0 Å². The van der Waals surface area contributed by atoms with Crippen molar-refractivity contribution in [2.24, 2.45) is 11.1 Å². The highest BCUT2D eigenvalue weighted by Gasteiger charge is 2.45. The minimum atomic E-state index is -0.990. The van der Waals surface area contributed by atoms with Crippen molar-refractivity contribution in [3.8, 4) is 5.75 Å². The van der Waals surface area contributed by atoms with E-state index in [9.17, 15) is 20.0 Å². The number of nitro benzene ring substituents is 1. The maximum Gasteiger partial charge on any atom is 0.296 e. The SMILES string of the molecule is CC1(C(=O)Nc2c(O)cccc2[N+](=O)[O-])COCC1N. The lowest BCUT2D eigenvalue weighted by molar-refractivity contribution is -0.384. The number of hydrogen-bond acceptors (Lipinski definition) is 6. The fraction of sp³-hybridized carbons (Fsp3) is 0.417. The number of rotatable bonds is 3. The maximum atomic E-state index is 12.3. The molecule has 1 amide bonds. The predicted octanol–water partition coefficient (Wildman–Crippen LogP) is 0.603. The van der Waals surface area contributed by atoms with Crippen LogP contribution in [0.15, 0.2) is 18.2 Å². The van der Waals surface area contributed by atoms with Crippen LogP contribution in [0.2, 0.25) is 0 Å². The van der Waals surface area contributed by atoms with Crippen LogP contribution in [0.4, 0.5) is 11.4 Å². The van der Waals surface area contributed by atoms with Gasteiger partial charge in [0.2, 0.25) is 5.91 Å². The first-order valence-corrected chi connectivity index (χ1v) is 5.97. The molecule has 2 unspecified atom stereocenters. The molecule has 4 N–H and O–H groups in total.